The Labute approximate surface area is 206 Å². The molecule has 0 radical (unpaired) electrons. The molecule has 34 heavy (non-hydrogen) atoms. The van der Waals surface area contributed by atoms with Gasteiger partial charge in [-0.05, 0) is 65.7 Å². The van der Waals surface area contributed by atoms with Crippen LogP contribution in [-0.2, 0) is 19.1 Å². The van der Waals surface area contributed by atoms with Crippen LogP contribution in [0, 0.1) is 5.92 Å². The number of Topliss-reactive ketones (excluding diaryl/α,β-unsaturated/α-hetero) is 1. The maximum absolute atomic E-state index is 13.1. The summed E-state index contributed by atoms with van der Waals surface area (Å²) in [6.45, 7) is 13.6. The lowest BCUT2D eigenvalue weighted by molar-refractivity contribution is -0.160. The zero-order chi connectivity index (χ0) is 26.4. The smallest absolute Gasteiger partial charge is 0.408 e. The first-order valence-corrected chi connectivity index (χ1v) is 11.4. The molecule has 0 heterocycles. The Morgan fingerprint density at radius 2 is 1.53 bits per heavy atom. The van der Waals surface area contributed by atoms with Crippen molar-refractivity contribution in [3.8, 4) is 0 Å². The minimum Gasteiger partial charge on any atom is -0.458 e. The van der Waals surface area contributed by atoms with Crippen LogP contribution in [0.2, 0.25) is 5.02 Å². The van der Waals surface area contributed by atoms with Gasteiger partial charge < -0.3 is 25.8 Å². The highest BCUT2D eigenvalue weighted by Crippen LogP contribution is 2.20. The summed E-state index contributed by atoms with van der Waals surface area (Å²) >= 11 is 5.90. The van der Waals surface area contributed by atoms with Crippen LogP contribution in [0.15, 0.2) is 18.2 Å². The predicted molar refractivity (Wildman–Crippen MR) is 131 cm³/mol. The van der Waals surface area contributed by atoms with Crippen molar-refractivity contribution in [2.45, 2.75) is 85.1 Å². The Hall–Kier alpha value is -2.81. The topological polar surface area (TPSA) is 137 Å². The van der Waals surface area contributed by atoms with E-state index in [1.54, 1.807) is 55.4 Å². The van der Waals surface area contributed by atoms with Gasteiger partial charge in [0.2, 0.25) is 5.91 Å². The van der Waals surface area contributed by atoms with Crippen molar-refractivity contribution in [3.63, 3.8) is 0 Å². The molecule has 1 rings (SSSR count). The van der Waals surface area contributed by atoms with E-state index < -0.39 is 53.5 Å². The van der Waals surface area contributed by atoms with Gasteiger partial charge in [0.05, 0.1) is 0 Å². The number of alkyl carbamates (subject to hydrolysis) is 1. The molecule has 0 fully saturated rings. The highest BCUT2D eigenvalue weighted by molar-refractivity contribution is 6.31. The van der Waals surface area contributed by atoms with Crippen molar-refractivity contribution in [2.24, 2.45) is 5.92 Å². The Kier molecular flexibility index (Phi) is 9.93. The molecule has 0 aliphatic rings. The van der Waals surface area contributed by atoms with E-state index in [0.717, 1.165) is 0 Å². The van der Waals surface area contributed by atoms with Crippen LogP contribution in [0.25, 0.3) is 0 Å². The van der Waals surface area contributed by atoms with Crippen LogP contribution in [0.5, 0.6) is 0 Å². The van der Waals surface area contributed by atoms with E-state index in [2.05, 4.69) is 10.6 Å². The number of carbonyl (C=O) groups excluding carboxylic acids is 4. The van der Waals surface area contributed by atoms with Crippen molar-refractivity contribution < 1.29 is 28.7 Å². The van der Waals surface area contributed by atoms with Crippen molar-refractivity contribution in [1.82, 2.24) is 10.6 Å². The number of carbonyl (C=O) groups is 4. The third-order valence-corrected chi connectivity index (χ3v) is 4.57. The Balaban J connectivity index is 3.16. The van der Waals surface area contributed by atoms with Crippen LogP contribution < -0.4 is 16.4 Å². The lowest BCUT2D eigenvalue weighted by atomic mass is 10.00. The molecule has 10 heteroatoms. The number of amides is 2. The summed E-state index contributed by atoms with van der Waals surface area (Å²) in [6, 6.07) is 2.04. The summed E-state index contributed by atoms with van der Waals surface area (Å²) < 4.78 is 10.6. The number of nitrogens with two attached hydrogens (primary N) is 1. The number of ketones is 1. The average Bonchev–Trinajstić information content (AvgIpc) is 2.61. The zero-order valence-corrected chi connectivity index (χ0v) is 21.8. The molecule has 1 aromatic rings. The molecule has 2 atom stereocenters. The number of hydrogen-bond acceptors (Lipinski definition) is 7. The van der Waals surface area contributed by atoms with Gasteiger partial charge in [0, 0.05) is 22.7 Å². The maximum atomic E-state index is 13.1. The van der Waals surface area contributed by atoms with E-state index in [9.17, 15) is 19.2 Å². The van der Waals surface area contributed by atoms with Gasteiger partial charge in [0.25, 0.3) is 0 Å². The molecular weight excluding hydrogens is 462 g/mol. The van der Waals surface area contributed by atoms with E-state index >= 15 is 0 Å². The molecule has 0 saturated carbocycles. The fourth-order valence-corrected chi connectivity index (χ4v) is 3.04. The second kappa shape index (κ2) is 11.6. The van der Waals surface area contributed by atoms with Gasteiger partial charge in [0.1, 0.15) is 23.3 Å². The molecule has 4 N–H and O–H groups in total. The van der Waals surface area contributed by atoms with Gasteiger partial charge in [-0.15, -0.1) is 0 Å². The van der Waals surface area contributed by atoms with E-state index in [0.29, 0.717) is 5.02 Å². The number of halogens is 1. The first-order chi connectivity index (χ1) is 15.4. The first-order valence-electron chi connectivity index (χ1n) is 11.0. The van der Waals surface area contributed by atoms with Crippen molar-refractivity contribution in [3.05, 3.63) is 28.8 Å². The van der Waals surface area contributed by atoms with Gasteiger partial charge in [-0.1, -0.05) is 25.4 Å². The van der Waals surface area contributed by atoms with Crippen LogP contribution in [0.1, 0.15) is 72.2 Å². The molecule has 0 aliphatic carbocycles. The van der Waals surface area contributed by atoms with Crippen molar-refractivity contribution in [2.75, 3.05) is 5.73 Å². The van der Waals surface area contributed by atoms with Crippen LogP contribution in [-0.4, -0.2) is 47.0 Å². The number of anilines is 1. The molecule has 1 unspecified atom stereocenters. The van der Waals surface area contributed by atoms with Crippen molar-refractivity contribution >= 4 is 41.0 Å². The van der Waals surface area contributed by atoms with E-state index in [-0.39, 0.29) is 17.2 Å². The highest BCUT2D eigenvalue weighted by Gasteiger charge is 2.34. The van der Waals surface area contributed by atoms with Gasteiger partial charge in [-0.3, -0.25) is 9.59 Å². The first kappa shape index (κ1) is 29.2. The molecule has 0 bridgehead atoms. The summed E-state index contributed by atoms with van der Waals surface area (Å²) in [5.74, 6) is -2.18. The quantitative estimate of drug-likeness (QED) is 0.281. The summed E-state index contributed by atoms with van der Waals surface area (Å²) in [7, 11) is 0. The maximum Gasteiger partial charge on any atom is 0.408 e. The molecule has 0 aliphatic heterocycles. The Bertz CT molecular complexity index is 918. The van der Waals surface area contributed by atoms with Crippen LogP contribution in [0.3, 0.4) is 0 Å². The third-order valence-electron chi connectivity index (χ3n) is 4.34. The predicted octanol–water partition coefficient (Wildman–Crippen LogP) is 3.87. The minimum atomic E-state index is -1.33. The van der Waals surface area contributed by atoms with Gasteiger partial charge >= 0.3 is 12.1 Å². The lowest BCUT2D eigenvalue weighted by Gasteiger charge is -2.28. The molecule has 0 spiro atoms. The normalized spacial score (nSPS) is 13.6. The number of nitrogen functional groups attached to an aromatic ring is 1. The number of rotatable bonds is 8. The summed E-state index contributed by atoms with van der Waals surface area (Å²) in [5.41, 5.74) is 4.61. The molecule has 0 saturated heterocycles. The second-order valence-corrected chi connectivity index (χ2v) is 10.8. The SMILES string of the molecule is CC(C)[C@H](NC(=O)C(CC(=O)c1ccc(Cl)cc1N)NC(=O)OC(C)(C)C)C(=O)OC(C)(C)C. The van der Waals surface area contributed by atoms with E-state index in [1.807, 2.05) is 0 Å². The number of benzene rings is 1. The highest BCUT2D eigenvalue weighted by atomic mass is 35.5. The summed E-state index contributed by atoms with van der Waals surface area (Å²) in [6.07, 6.45) is -1.31. The Morgan fingerprint density at radius 3 is 2.00 bits per heavy atom. The fraction of sp³-hybridized carbons (Fsp3) is 0.583. The lowest BCUT2D eigenvalue weighted by Crippen LogP contribution is -2.55. The van der Waals surface area contributed by atoms with Crippen molar-refractivity contribution in [1.29, 1.82) is 0 Å². The number of ether oxygens (including phenoxy) is 2. The second-order valence-electron chi connectivity index (χ2n) is 10.3. The fourth-order valence-electron chi connectivity index (χ4n) is 2.86. The summed E-state index contributed by atoms with van der Waals surface area (Å²) in [4.78, 5) is 51.1. The van der Waals surface area contributed by atoms with Crippen LogP contribution >= 0.6 is 11.6 Å². The van der Waals surface area contributed by atoms with Gasteiger partial charge in [-0.2, -0.15) is 0 Å². The molecular formula is C24H36ClN3O6. The molecule has 0 aromatic heterocycles. The van der Waals surface area contributed by atoms with E-state index in [4.69, 9.17) is 26.8 Å². The Morgan fingerprint density at radius 1 is 0.971 bits per heavy atom. The molecule has 1 aromatic carbocycles. The van der Waals surface area contributed by atoms with E-state index in [1.165, 1.54) is 18.2 Å². The number of nitrogens with one attached hydrogen (secondary N) is 2. The largest absolute Gasteiger partial charge is 0.458 e. The van der Waals surface area contributed by atoms with Crippen LogP contribution in [0.4, 0.5) is 10.5 Å². The molecule has 2 amide bonds. The standard InChI is InChI=1S/C24H36ClN3O6/c1-13(2)19(21(31)33-23(3,4)5)28-20(30)17(27-22(32)34-24(6,7)8)12-18(29)15-10-9-14(25)11-16(15)26/h9-11,13,17,19H,12,26H2,1-8H3,(H,27,32)(H,28,30)/t17?,19-/m0/s1. The minimum absolute atomic E-state index is 0.141. The third kappa shape index (κ3) is 9.99. The number of esters is 1. The zero-order valence-electron chi connectivity index (χ0n) is 21.1. The molecule has 9 nitrogen and oxygen atoms in total. The summed E-state index contributed by atoms with van der Waals surface area (Å²) in [5, 5.41) is 5.38. The molecule has 190 valence electrons. The number of hydrogen-bond donors (Lipinski definition) is 3. The van der Waals surface area contributed by atoms with Gasteiger partial charge in [0.15, 0.2) is 5.78 Å². The average molecular weight is 498 g/mol. The van der Waals surface area contributed by atoms with Gasteiger partial charge in [-0.25, -0.2) is 9.59 Å². The monoisotopic (exact) mass is 497 g/mol.